The summed E-state index contributed by atoms with van der Waals surface area (Å²) in [7, 11) is 1.70. The molecule has 2 atom stereocenters. The van der Waals surface area contributed by atoms with Crippen LogP contribution in [0.1, 0.15) is 11.1 Å². The first-order valence-electron chi connectivity index (χ1n) is 8.01. The maximum atomic E-state index is 6.01. The third-order valence-electron chi connectivity index (χ3n) is 4.36. The summed E-state index contributed by atoms with van der Waals surface area (Å²) in [6.07, 6.45) is 10.2. The Morgan fingerprint density at radius 1 is 1.04 bits per heavy atom. The van der Waals surface area contributed by atoms with Gasteiger partial charge in [0.1, 0.15) is 5.75 Å². The Morgan fingerprint density at radius 3 is 2.38 bits per heavy atom. The Kier molecular flexibility index (Phi) is 5.70. The van der Waals surface area contributed by atoms with Crippen molar-refractivity contribution in [2.75, 3.05) is 13.4 Å². The van der Waals surface area contributed by atoms with Gasteiger partial charge in [-0.1, -0.05) is 54.1 Å². The molecule has 1 aliphatic carbocycles. The summed E-state index contributed by atoms with van der Waals surface area (Å²) in [5.41, 5.74) is 3.83. The molecular weight excluding hydrogens is 336 g/mol. The Balaban J connectivity index is 1.82. The van der Waals surface area contributed by atoms with Gasteiger partial charge in [-0.05, 0) is 59.6 Å². The van der Waals surface area contributed by atoms with E-state index < -0.39 is 0 Å². The van der Waals surface area contributed by atoms with Gasteiger partial charge in [0.05, 0.1) is 7.11 Å². The number of benzene rings is 2. The van der Waals surface area contributed by atoms with Crippen molar-refractivity contribution in [1.29, 1.82) is 0 Å². The molecule has 0 heterocycles. The minimum absolute atomic E-state index is 0.476. The molecule has 2 aromatic rings. The molecule has 0 aliphatic heterocycles. The number of rotatable bonds is 5. The van der Waals surface area contributed by atoms with E-state index in [1.165, 1.54) is 16.7 Å². The fourth-order valence-corrected chi connectivity index (χ4v) is 3.91. The zero-order chi connectivity index (χ0) is 16.9. The first-order valence-corrected chi connectivity index (χ1v) is 9.68. The number of halogens is 1. The summed E-state index contributed by atoms with van der Waals surface area (Å²) in [5, 5.41) is 1.28. The van der Waals surface area contributed by atoms with Crippen LogP contribution in [0, 0.1) is 5.92 Å². The van der Waals surface area contributed by atoms with Crippen LogP contribution in [0.5, 0.6) is 5.75 Å². The molecule has 2 unspecified atom stereocenters. The maximum absolute atomic E-state index is 6.01. The van der Waals surface area contributed by atoms with Crippen molar-refractivity contribution in [3.63, 3.8) is 0 Å². The van der Waals surface area contributed by atoms with E-state index in [4.69, 9.17) is 16.3 Å². The molecule has 24 heavy (non-hydrogen) atoms. The molecule has 3 heteroatoms. The highest BCUT2D eigenvalue weighted by molar-refractivity contribution is 7.99. The second-order valence-corrected chi connectivity index (χ2v) is 7.36. The van der Waals surface area contributed by atoms with E-state index in [1.54, 1.807) is 7.11 Å². The molecule has 124 valence electrons. The largest absolute Gasteiger partial charge is 0.497 e. The van der Waals surface area contributed by atoms with Crippen molar-refractivity contribution < 1.29 is 4.74 Å². The molecule has 0 bridgehead atoms. The fraction of sp³-hybridized carbons (Fsp3) is 0.238. The molecule has 0 radical (unpaired) electrons. The smallest absolute Gasteiger partial charge is 0.118 e. The summed E-state index contributed by atoms with van der Waals surface area (Å²) in [6.45, 7) is 0. The topological polar surface area (TPSA) is 9.23 Å². The fourth-order valence-electron chi connectivity index (χ4n) is 3.02. The first kappa shape index (κ1) is 17.2. The molecule has 0 amide bonds. The third kappa shape index (κ3) is 4.06. The highest BCUT2D eigenvalue weighted by Crippen LogP contribution is 2.33. The summed E-state index contributed by atoms with van der Waals surface area (Å²) in [5.74, 6) is 1.38. The van der Waals surface area contributed by atoms with Crippen LogP contribution < -0.4 is 4.74 Å². The van der Waals surface area contributed by atoms with E-state index in [0.717, 1.165) is 17.2 Å². The molecule has 0 saturated carbocycles. The number of hydrogen-bond acceptors (Lipinski definition) is 2. The van der Waals surface area contributed by atoms with Crippen LogP contribution in [0.2, 0.25) is 5.02 Å². The molecule has 1 aliphatic rings. The van der Waals surface area contributed by atoms with Crippen molar-refractivity contribution in [2.45, 2.75) is 11.7 Å². The number of thioether (sulfide) groups is 1. The van der Waals surface area contributed by atoms with Gasteiger partial charge in [-0.2, -0.15) is 11.8 Å². The van der Waals surface area contributed by atoms with Crippen LogP contribution in [0.3, 0.4) is 0 Å². The number of ether oxygens (including phenoxy) is 1. The summed E-state index contributed by atoms with van der Waals surface area (Å²) in [6, 6.07) is 16.5. The van der Waals surface area contributed by atoms with Crippen LogP contribution in [0.25, 0.3) is 5.57 Å². The van der Waals surface area contributed by atoms with Gasteiger partial charge in [-0.15, -0.1) is 0 Å². The molecule has 0 spiro atoms. The minimum Gasteiger partial charge on any atom is -0.497 e. The Bertz CT molecular complexity index is 731. The van der Waals surface area contributed by atoms with E-state index in [-0.39, 0.29) is 0 Å². The highest BCUT2D eigenvalue weighted by Gasteiger charge is 2.21. The molecule has 0 aromatic heterocycles. The number of allylic oxidation sites excluding steroid dienone is 3. The van der Waals surface area contributed by atoms with E-state index in [9.17, 15) is 0 Å². The number of hydrogen-bond donors (Lipinski definition) is 0. The SMILES string of the molecule is COc1ccc(CC2C=C(c3ccc(Cl)cc3)C=CC2SC)cc1. The number of methoxy groups -OCH3 is 1. The normalized spacial score (nSPS) is 19.9. The quantitative estimate of drug-likeness (QED) is 0.660. The second-order valence-electron chi connectivity index (χ2n) is 5.90. The predicted molar refractivity (Wildman–Crippen MR) is 106 cm³/mol. The van der Waals surface area contributed by atoms with Crippen LogP contribution in [-0.4, -0.2) is 18.6 Å². The van der Waals surface area contributed by atoms with Gasteiger partial charge < -0.3 is 4.74 Å². The predicted octanol–water partition coefficient (Wildman–Crippen LogP) is 5.89. The molecule has 3 rings (SSSR count). The second kappa shape index (κ2) is 7.96. The third-order valence-corrected chi connectivity index (χ3v) is 5.66. The molecule has 0 N–H and O–H groups in total. The Morgan fingerprint density at radius 2 is 1.75 bits per heavy atom. The maximum Gasteiger partial charge on any atom is 0.118 e. The first-order chi connectivity index (χ1) is 11.7. The van der Waals surface area contributed by atoms with Crippen molar-refractivity contribution in [2.24, 2.45) is 5.92 Å². The molecule has 1 nitrogen and oxygen atoms in total. The summed E-state index contributed by atoms with van der Waals surface area (Å²) >= 11 is 7.91. The van der Waals surface area contributed by atoms with E-state index in [1.807, 2.05) is 36.0 Å². The highest BCUT2D eigenvalue weighted by atomic mass is 35.5. The van der Waals surface area contributed by atoms with Crippen molar-refractivity contribution in [1.82, 2.24) is 0 Å². The monoisotopic (exact) mass is 356 g/mol. The van der Waals surface area contributed by atoms with Gasteiger partial charge in [0, 0.05) is 10.3 Å². The lowest BCUT2D eigenvalue weighted by atomic mass is 9.87. The lowest BCUT2D eigenvalue weighted by molar-refractivity contribution is 0.414. The Labute approximate surface area is 153 Å². The molecule has 0 saturated heterocycles. The zero-order valence-corrected chi connectivity index (χ0v) is 15.5. The molecule has 2 aromatic carbocycles. The van der Waals surface area contributed by atoms with Crippen molar-refractivity contribution >= 4 is 28.9 Å². The molecular formula is C21H21ClOS. The average molecular weight is 357 g/mol. The van der Waals surface area contributed by atoms with E-state index in [2.05, 4.69) is 48.7 Å². The lowest BCUT2D eigenvalue weighted by Gasteiger charge is -2.25. The van der Waals surface area contributed by atoms with Gasteiger partial charge in [-0.3, -0.25) is 0 Å². The van der Waals surface area contributed by atoms with Gasteiger partial charge in [0.15, 0.2) is 0 Å². The van der Waals surface area contributed by atoms with Gasteiger partial charge >= 0.3 is 0 Å². The van der Waals surface area contributed by atoms with Crippen molar-refractivity contribution in [3.8, 4) is 5.75 Å². The standard InChI is InChI=1S/C21H21ClOS/c1-23-20-10-3-15(4-11-20)13-18-14-17(7-12-21(18)24-2)16-5-8-19(22)9-6-16/h3-12,14,18,21H,13H2,1-2H3. The summed E-state index contributed by atoms with van der Waals surface area (Å²) in [4.78, 5) is 0. The van der Waals surface area contributed by atoms with Crippen LogP contribution >= 0.6 is 23.4 Å². The van der Waals surface area contributed by atoms with Crippen LogP contribution in [0.4, 0.5) is 0 Å². The van der Waals surface area contributed by atoms with Gasteiger partial charge in [0.2, 0.25) is 0 Å². The van der Waals surface area contributed by atoms with Crippen LogP contribution in [-0.2, 0) is 6.42 Å². The van der Waals surface area contributed by atoms with Crippen molar-refractivity contribution in [3.05, 3.63) is 82.9 Å². The Hall–Kier alpha value is -1.64. The zero-order valence-electron chi connectivity index (χ0n) is 13.9. The summed E-state index contributed by atoms with van der Waals surface area (Å²) < 4.78 is 5.25. The van der Waals surface area contributed by atoms with E-state index >= 15 is 0 Å². The van der Waals surface area contributed by atoms with Gasteiger partial charge in [0.25, 0.3) is 0 Å². The lowest BCUT2D eigenvalue weighted by Crippen LogP contribution is -2.18. The molecule has 0 fully saturated rings. The van der Waals surface area contributed by atoms with Gasteiger partial charge in [-0.25, -0.2) is 0 Å². The van der Waals surface area contributed by atoms with E-state index in [0.29, 0.717) is 11.2 Å². The minimum atomic E-state index is 0.476. The van der Waals surface area contributed by atoms with Crippen LogP contribution in [0.15, 0.2) is 66.8 Å². The average Bonchev–Trinajstić information content (AvgIpc) is 2.63.